The van der Waals surface area contributed by atoms with Gasteiger partial charge in [-0.2, -0.15) is 4.39 Å². The normalized spacial score (nSPS) is 21.4. The molecule has 0 aromatic heterocycles. The molecule has 1 aromatic carbocycles. The minimum atomic E-state index is -0.819. The number of ether oxygens (including phenoxy) is 1. The molecule has 1 aliphatic rings. The largest absolute Gasteiger partial charge is 0.490 e. The lowest BCUT2D eigenvalue weighted by molar-refractivity contribution is 0.286. The van der Waals surface area contributed by atoms with Crippen LogP contribution in [-0.4, -0.2) is 6.61 Å². The van der Waals surface area contributed by atoms with Crippen LogP contribution in [0.1, 0.15) is 83.1 Å². The van der Waals surface area contributed by atoms with Crippen LogP contribution in [0.5, 0.6) is 5.75 Å². The molecular formula is C20H30F2O. The molecule has 1 aliphatic carbocycles. The quantitative estimate of drug-likeness (QED) is 0.489. The summed E-state index contributed by atoms with van der Waals surface area (Å²) < 4.78 is 33.8. The van der Waals surface area contributed by atoms with Crippen LogP contribution in [0.2, 0.25) is 0 Å². The summed E-state index contributed by atoms with van der Waals surface area (Å²) >= 11 is 0. The third-order valence-electron chi connectivity index (χ3n) is 5.04. The fourth-order valence-corrected chi connectivity index (χ4v) is 3.63. The SMILES string of the molecule is CCCCC[C@H]1CC[C@H](c2ccc(OCCC)c(F)c2F)CC1. The molecule has 0 atom stereocenters. The van der Waals surface area contributed by atoms with Gasteiger partial charge in [0.15, 0.2) is 11.6 Å². The summed E-state index contributed by atoms with van der Waals surface area (Å²) in [5, 5.41) is 0. The minimum absolute atomic E-state index is 0.0429. The highest BCUT2D eigenvalue weighted by Crippen LogP contribution is 2.40. The van der Waals surface area contributed by atoms with Crippen molar-refractivity contribution in [3.05, 3.63) is 29.3 Å². The Balaban J connectivity index is 1.94. The fraction of sp³-hybridized carbons (Fsp3) is 0.700. The first-order valence-electron chi connectivity index (χ1n) is 9.28. The summed E-state index contributed by atoms with van der Waals surface area (Å²) in [5.74, 6) is -0.541. The summed E-state index contributed by atoms with van der Waals surface area (Å²) in [7, 11) is 0. The van der Waals surface area contributed by atoms with Gasteiger partial charge in [-0.3, -0.25) is 0 Å². The van der Waals surface area contributed by atoms with Crippen molar-refractivity contribution in [1.82, 2.24) is 0 Å². The molecule has 0 saturated heterocycles. The Bertz CT molecular complexity index is 479. The van der Waals surface area contributed by atoms with Crippen LogP contribution < -0.4 is 4.74 Å². The van der Waals surface area contributed by atoms with Crippen LogP contribution in [0.3, 0.4) is 0 Å². The monoisotopic (exact) mass is 324 g/mol. The highest BCUT2D eigenvalue weighted by atomic mass is 19.2. The Hall–Kier alpha value is -1.12. The van der Waals surface area contributed by atoms with Crippen LogP contribution in [0.25, 0.3) is 0 Å². The van der Waals surface area contributed by atoms with Crippen molar-refractivity contribution in [2.75, 3.05) is 6.61 Å². The predicted molar refractivity (Wildman–Crippen MR) is 91.0 cm³/mol. The maximum absolute atomic E-state index is 14.4. The molecule has 0 N–H and O–H groups in total. The Morgan fingerprint density at radius 2 is 1.70 bits per heavy atom. The highest BCUT2D eigenvalue weighted by Gasteiger charge is 2.26. The van der Waals surface area contributed by atoms with E-state index in [1.165, 1.54) is 25.7 Å². The number of rotatable bonds is 8. The van der Waals surface area contributed by atoms with E-state index in [1.807, 2.05) is 6.92 Å². The van der Waals surface area contributed by atoms with Crippen LogP contribution in [-0.2, 0) is 0 Å². The molecule has 0 unspecified atom stereocenters. The predicted octanol–water partition coefficient (Wildman–Crippen LogP) is 6.61. The first-order valence-corrected chi connectivity index (χ1v) is 9.28. The second-order valence-corrected chi connectivity index (χ2v) is 6.84. The molecule has 1 nitrogen and oxygen atoms in total. The maximum atomic E-state index is 14.4. The smallest absolute Gasteiger partial charge is 0.200 e. The van der Waals surface area contributed by atoms with Crippen molar-refractivity contribution in [2.24, 2.45) is 5.92 Å². The highest BCUT2D eigenvalue weighted by molar-refractivity contribution is 5.33. The first-order chi connectivity index (χ1) is 11.2. The van der Waals surface area contributed by atoms with E-state index in [9.17, 15) is 8.78 Å². The first kappa shape index (κ1) is 18.2. The molecule has 0 spiro atoms. The van der Waals surface area contributed by atoms with Gasteiger partial charge in [0.1, 0.15) is 0 Å². The van der Waals surface area contributed by atoms with Crippen molar-refractivity contribution in [2.45, 2.75) is 77.6 Å². The molecule has 0 heterocycles. The number of hydrogen-bond donors (Lipinski definition) is 0. The molecule has 1 saturated carbocycles. The lowest BCUT2D eigenvalue weighted by atomic mass is 9.77. The van der Waals surface area contributed by atoms with Crippen LogP contribution >= 0.6 is 0 Å². The van der Waals surface area contributed by atoms with Gasteiger partial charge in [0, 0.05) is 0 Å². The van der Waals surface area contributed by atoms with Crippen LogP contribution in [0, 0.1) is 17.6 Å². The zero-order chi connectivity index (χ0) is 16.7. The average molecular weight is 324 g/mol. The zero-order valence-corrected chi connectivity index (χ0v) is 14.5. The van der Waals surface area contributed by atoms with E-state index < -0.39 is 11.6 Å². The van der Waals surface area contributed by atoms with Gasteiger partial charge in [-0.1, -0.05) is 45.6 Å². The minimum Gasteiger partial charge on any atom is -0.490 e. The molecule has 0 radical (unpaired) electrons. The number of halogens is 2. The van der Waals surface area contributed by atoms with E-state index in [2.05, 4.69) is 6.92 Å². The molecule has 130 valence electrons. The Labute approximate surface area is 139 Å². The summed E-state index contributed by atoms with van der Waals surface area (Å²) in [5.41, 5.74) is 0.540. The topological polar surface area (TPSA) is 9.23 Å². The summed E-state index contributed by atoms with van der Waals surface area (Å²) in [6, 6.07) is 3.32. The zero-order valence-electron chi connectivity index (χ0n) is 14.5. The molecule has 3 heteroatoms. The van der Waals surface area contributed by atoms with E-state index in [1.54, 1.807) is 12.1 Å². The molecule has 23 heavy (non-hydrogen) atoms. The summed E-state index contributed by atoms with van der Waals surface area (Å²) in [6.07, 6.45) is 10.2. The average Bonchev–Trinajstić information content (AvgIpc) is 2.57. The Morgan fingerprint density at radius 1 is 0.957 bits per heavy atom. The van der Waals surface area contributed by atoms with E-state index >= 15 is 0 Å². The van der Waals surface area contributed by atoms with Gasteiger partial charge in [-0.05, 0) is 55.6 Å². The molecule has 2 rings (SSSR count). The lowest BCUT2D eigenvalue weighted by Crippen LogP contribution is -2.15. The van der Waals surface area contributed by atoms with Crippen molar-refractivity contribution in [3.8, 4) is 5.75 Å². The van der Waals surface area contributed by atoms with Crippen LogP contribution in [0.15, 0.2) is 12.1 Å². The summed E-state index contributed by atoms with van der Waals surface area (Å²) in [6.45, 7) is 4.59. The third kappa shape index (κ3) is 4.92. The van der Waals surface area contributed by atoms with Crippen molar-refractivity contribution in [3.63, 3.8) is 0 Å². The number of unbranched alkanes of at least 4 members (excludes halogenated alkanes) is 2. The second-order valence-electron chi connectivity index (χ2n) is 6.84. The third-order valence-corrected chi connectivity index (χ3v) is 5.04. The van der Waals surface area contributed by atoms with Crippen molar-refractivity contribution >= 4 is 0 Å². The van der Waals surface area contributed by atoms with Gasteiger partial charge in [0.2, 0.25) is 5.82 Å². The van der Waals surface area contributed by atoms with Gasteiger partial charge in [-0.25, -0.2) is 4.39 Å². The van der Waals surface area contributed by atoms with Gasteiger partial charge >= 0.3 is 0 Å². The molecular weight excluding hydrogens is 294 g/mol. The van der Waals surface area contributed by atoms with Crippen molar-refractivity contribution < 1.29 is 13.5 Å². The van der Waals surface area contributed by atoms with Gasteiger partial charge in [0.25, 0.3) is 0 Å². The van der Waals surface area contributed by atoms with Gasteiger partial charge in [0.05, 0.1) is 6.61 Å². The summed E-state index contributed by atoms with van der Waals surface area (Å²) in [4.78, 5) is 0. The molecule has 1 aromatic rings. The lowest BCUT2D eigenvalue weighted by Gasteiger charge is -2.29. The Kier molecular flexibility index (Phi) is 7.32. The standard InChI is InChI=1S/C20H30F2O/c1-3-5-6-7-15-8-10-16(11-9-15)17-12-13-18(23-14-4-2)20(22)19(17)21/h12-13,15-16H,3-11,14H2,1-2H3/t15-,16-. The maximum Gasteiger partial charge on any atom is 0.200 e. The van der Waals surface area contributed by atoms with Crippen molar-refractivity contribution in [1.29, 1.82) is 0 Å². The van der Waals surface area contributed by atoms with Crippen LogP contribution in [0.4, 0.5) is 8.78 Å². The van der Waals surface area contributed by atoms with Gasteiger partial charge < -0.3 is 4.74 Å². The fourth-order valence-electron chi connectivity index (χ4n) is 3.63. The molecule has 0 aliphatic heterocycles. The van der Waals surface area contributed by atoms with E-state index in [4.69, 9.17) is 4.74 Å². The number of benzene rings is 1. The molecule has 0 bridgehead atoms. The molecule has 0 amide bonds. The van der Waals surface area contributed by atoms with Gasteiger partial charge in [-0.15, -0.1) is 0 Å². The number of hydrogen-bond acceptors (Lipinski definition) is 1. The van der Waals surface area contributed by atoms with E-state index in [0.29, 0.717) is 12.2 Å². The second kappa shape index (κ2) is 9.24. The molecule has 1 fully saturated rings. The van der Waals surface area contributed by atoms with E-state index in [-0.39, 0.29) is 11.7 Å². The van der Waals surface area contributed by atoms with E-state index in [0.717, 1.165) is 38.0 Å². The Morgan fingerprint density at radius 3 is 2.35 bits per heavy atom.